The molecule has 2 N–H and O–H groups in total. The van der Waals surface area contributed by atoms with Gasteiger partial charge < -0.3 is 19.9 Å². The number of nitrogens with one attached hydrogen (secondary N) is 1. The van der Waals surface area contributed by atoms with Crippen molar-refractivity contribution in [3.05, 3.63) is 65.7 Å². The van der Waals surface area contributed by atoms with Gasteiger partial charge in [-0.25, -0.2) is 9.18 Å². The fourth-order valence-electron chi connectivity index (χ4n) is 2.72. The van der Waals surface area contributed by atoms with Crippen molar-refractivity contribution < 1.29 is 23.8 Å². The molecule has 0 heterocycles. The van der Waals surface area contributed by atoms with E-state index < -0.39 is 11.8 Å². The molecule has 0 aromatic heterocycles. The minimum Gasteiger partial charge on any atom is -0.503 e. The van der Waals surface area contributed by atoms with Gasteiger partial charge in [0.05, 0.1) is 13.4 Å². The lowest BCUT2D eigenvalue weighted by Crippen LogP contribution is -2.07. The van der Waals surface area contributed by atoms with Gasteiger partial charge in [0.2, 0.25) is 0 Å². The SMILES string of the molecule is COC=C(C(=O)O)c1ccccc1COc1ccc(NCC2CC2)cc1F. The minimum atomic E-state index is -1.11. The van der Waals surface area contributed by atoms with Crippen LogP contribution >= 0.6 is 0 Å². The zero-order chi connectivity index (χ0) is 19.2. The van der Waals surface area contributed by atoms with Crippen LogP contribution in [0.15, 0.2) is 48.7 Å². The van der Waals surface area contributed by atoms with Crippen molar-refractivity contribution in [3.63, 3.8) is 0 Å². The van der Waals surface area contributed by atoms with Crippen molar-refractivity contribution in [1.82, 2.24) is 0 Å². The van der Waals surface area contributed by atoms with Crippen molar-refractivity contribution in [2.24, 2.45) is 5.92 Å². The largest absolute Gasteiger partial charge is 0.503 e. The third-order valence-corrected chi connectivity index (χ3v) is 4.38. The summed E-state index contributed by atoms with van der Waals surface area (Å²) in [5.74, 6) is -0.751. The van der Waals surface area contributed by atoms with Gasteiger partial charge in [-0.05, 0) is 42.0 Å². The highest BCUT2D eigenvalue weighted by Crippen LogP contribution is 2.30. The summed E-state index contributed by atoms with van der Waals surface area (Å²) < 4.78 is 24.8. The molecule has 27 heavy (non-hydrogen) atoms. The van der Waals surface area contributed by atoms with E-state index in [0.29, 0.717) is 17.0 Å². The number of benzene rings is 2. The summed E-state index contributed by atoms with van der Waals surface area (Å²) in [5.41, 5.74) is 1.83. The Kier molecular flexibility index (Phi) is 5.96. The van der Waals surface area contributed by atoms with Crippen LogP contribution in [0, 0.1) is 11.7 Å². The first-order valence-electron chi connectivity index (χ1n) is 8.79. The van der Waals surface area contributed by atoms with Crippen LogP contribution in [0.5, 0.6) is 5.75 Å². The summed E-state index contributed by atoms with van der Waals surface area (Å²) in [4.78, 5) is 11.5. The summed E-state index contributed by atoms with van der Waals surface area (Å²) in [6.45, 7) is 0.896. The molecule has 1 aliphatic rings. The van der Waals surface area contributed by atoms with E-state index in [9.17, 15) is 14.3 Å². The average molecular weight is 371 g/mol. The van der Waals surface area contributed by atoms with E-state index >= 15 is 0 Å². The second-order valence-corrected chi connectivity index (χ2v) is 6.49. The Balaban J connectivity index is 1.71. The van der Waals surface area contributed by atoms with Crippen molar-refractivity contribution in [3.8, 4) is 5.75 Å². The second-order valence-electron chi connectivity index (χ2n) is 6.49. The maximum absolute atomic E-state index is 14.3. The molecular weight excluding hydrogens is 349 g/mol. The molecule has 0 spiro atoms. The van der Waals surface area contributed by atoms with Gasteiger partial charge in [0.15, 0.2) is 11.6 Å². The van der Waals surface area contributed by atoms with Gasteiger partial charge in [-0.1, -0.05) is 24.3 Å². The number of carbonyl (C=O) groups is 1. The maximum Gasteiger partial charge on any atom is 0.339 e. The van der Waals surface area contributed by atoms with Crippen molar-refractivity contribution >= 4 is 17.2 Å². The lowest BCUT2D eigenvalue weighted by atomic mass is 10.0. The van der Waals surface area contributed by atoms with Crippen molar-refractivity contribution in [1.29, 1.82) is 0 Å². The van der Waals surface area contributed by atoms with E-state index in [4.69, 9.17) is 9.47 Å². The van der Waals surface area contributed by atoms with E-state index in [0.717, 1.165) is 12.2 Å². The molecule has 1 aliphatic carbocycles. The lowest BCUT2D eigenvalue weighted by Gasteiger charge is -2.13. The molecule has 0 unspecified atom stereocenters. The number of halogens is 1. The van der Waals surface area contributed by atoms with E-state index in [1.54, 1.807) is 36.4 Å². The molecule has 0 aliphatic heterocycles. The number of carboxylic acids is 1. The average Bonchev–Trinajstić information content (AvgIpc) is 3.48. The van der Waals surface area contributed by atoms with Gasteiger partial charge in [-0.15, -0.1) is 0 Å². The third kappa shape index (κ3) is 5.00. The third-order valence-electron chi connectivity index (χ3n) is 4.38. The summed E-state index contributed by atoms with van der Waals surface area (Å²) in [6.07, 6.45) is 3.62. The van der Waals surface area contributed by atoms with Gasteiger partial charge in [-0.2, -0.15) is 0 Å². The van der Waals surface area contributed by atoms with Crippen LogP contribution in [0.25, 0.3) is 5.57 Å². The molecule has 0 radical (unpaired) electrons. The predicted molar refractivity (Wildman–Crippen MR) is 101 cm³/mol. The topological polar surface area (TPSA) is 67.8 Å². The molecule has 3 rings (SSSR count). The first-order chi connectivity index (χ1) is 13.1. The Morgan fingerprint density at radius 2 is 2.07 bits per heavy atom. The summed E-state index contributed by atoms with van der Waals surface area (Å²) in [6, 6.07) is 11.7. The number of carboxylic acid groups (broad SMARTS) is 1. The van der Waals surface area contributed by atoms with Crippen LogP contribution in [0.3, 0.4) is 0 Å². The quantitative estimate of drug-likeness (QED) is 0.508. The van der Waals surface area contributed by atoms with Crippen LogP contribution in [-0.2, 0) is 16.1 Å². The van der Waals surface area contributed by atoms with Crippen LogP contribution in [0.1, 0.15) is 24.0 Å². The Hall–Kier alpha value is -3.02. The fraction of sp³-hybridized carbons (Fsp3) is 0.286. The summed E-state index contributed by atoms with van der Waals surface area (Å²) in [5, 5.41) is 12.6. The highest BCUT2D eigenvalue weighted by molar-refractivity contribution is 6.15. The molecule has 2 aromatic carbocycles. The lowest BCUT2D eigenvalue weighted by molar-refractivity contribution is -0.130. The first kappa shape index (κ1) is 18.8. The van der Waals surface area contributed by atoms with E-state index in [1.807, 2.05) is 0 Å². The first-order valence-corrected chi connectivity index (χ1v) is 8.79. The van der Waals surface area contributed by atoms with E-state index in [-0.39, 0.29) is 17.9 Å². The molecule has 5 nitrogen and oxygen atoms in total. The van der Waals surface area contributed by atoms with Gasteiger partial charge in [0, 0.05) is 18.3 Å². The number of methoxy groups -OCH3 is 1. The van der Waals surface area contributed by atoms with E-state index in [2.05, 4.69) is 5.32 Å². The summed E-state index contributed by atoms with van der Waals surface area (Å²) >= 11 is 0. The number of rotatable bonds is 9. The molecule has 1 saturated carbocycles. The number of hydrogen-bond donors (Lipinski definition) is 2. The molecule has 142 valence electrons. The fourth-order valence-corrected chi connectivity index (χ4v) is 2.72. The van der Waals surface area contributed by atoms with Gasteiger partial charge in [0.1, 0.15) is 12.2 Å². The standard InChI is InChI=1S/C21H22FNO4/c1-26-13-18(21(24)25)17-5-3-2-4-15(17)12-27-20-9-8-16(10-19(20)22)23-11-14-6-7-14/h2-5,8-10,13-14,23H,6-7,11-12H2,1H3,(H,24,25). The number of ether oxygens (including phenoxy) is 2. The Bertz CT molecular complexity index is 846. The Morgan fingerprint density at radius 3 is 2.74 bits per heavy atom. The second kappa shape index (κ2) is 8.58. The molecule has 0 atom stereocenters. The van der Waals surface area contributed by atoms with Crippen LogP contribution in [0.4, 0.5) is 10.1 Å². The molecular formula is C21H22FNO4. The maximum atomic E-state index is 14.3. The van der Waals surface area contributed by atoms with Gasteiger partial charge in [0.25, 0.3) is 0 Å². The summed E-state index contributed by atoms with van der Waals surface area (Å²) in [7, 11) is 1.39. The highest BCUT2D eigenvalue weighted by atomic mass is 19.1. The Morgan fingerprint density at radius 1 is 1.30 bits per heavy atom. The smallest absolute Gasteiger partial charge is 0.339 e. The Labute approximate surface area is 157 Å². The van der Waals surface area contributed by atoms with Crippen LogP contribution < -0.4 is 10.1 Å². The number of anilines is 1. The van der Waals surface area contributed by atoms with E-state index in [1.165, 1.54) is 32.3 Å². The number of hydrogen-bond acceptors (Lipinski definition) is 4. The molecule has 0 amide bonds. The van der Waals surface area contributed by atoms with Crippen molar-refractivity contribution in [2.45, 2.75) is 19.4 Å². The van der Waals surface area contributed by atoms with Gasteiger partial charge in [-0.3, -0.25) is 0 Å². The predicted octanol–water partition coefficient (Wildman–Crippen LogP) is 4.30. The minimum absolute atomic E-state index is 0.0109. The molecule has 0 bridgehead atoms. The molecule has 6 heteroatoms. The highest BCUT2D eigenvalue weighted by Gasteiger charge is 2.20. The molecule has 2 aromatic rings. The normalized spacial score (nSPS) is 13.9. The van der Waals surface area contributed by atoms with Crippen molar-refractivity contribution in [2.75, 3.05) is 19.0 Å². The monoisotopic (exact) mass is 371 g/mol. The molecule has 0 saturated heterocycles. The molecule has 1 fully saturated rings. The van der Waals surface area contributed by atoms with Crippen LogP contribution in [-0.4, -0.2) is 24.7 Å². The van der Waals surface area contributed by atoms with Crippen LogP contribution in [0.2, 0.25) is 0 Å². The number of aliphatic carboxylic acids is 1. The zero-order valence-electron chi connectivity index (χ0n) is 15.1. The van der Waals surface area contributed by atoms with Gasteiger partial charge >= 0.3 is 5.97 Å². The zero-order valence-corrected chi connectivity index (χ0v) is 15.1.